The molecule has 0 saturated heterocycles. The topological polar surface area (TPSA) is 101 Å². The van der Waals surface area contributed by atoms with Crippen LogP contribution in [-0.2, 0) is 10.0 Å². The summed E-state index contributed by atoms with van der Waals surface area (Å²) in [6.45, 7) is 3.16. The van der Waals surface area contributed by atoms with Crippen molar-refractivity contribution in [2.45, 2.75) is 18.7 Å². The Labute approximate surface area is 116 Å². The van der Waals surface area contributed by atoms with Crippen LogP contribution < -0.4 is 10.3 Å². The summed E-state index contributed by atoms with van der Waals surface area (Å²) in [7, 11) is -3.81. The molecule has 7 nitrogen and oxygen atoms in total. The van der Waals surface area contributed by atoms with E-state index in [4.69, 9.17) is 4.52 Å². The molecule has 0 saturated carbocycles. The first-order chi connectivity index (χ1) is 9.42. The van der Waals surface area contributed by atoms with Gasteiger partial charge in [-0.3, -0.25) is 10.2 Å². The molecule has 2 rings (SSSR count). The molecule has 0 aliphatic carbocycles. The van der Waals surface area contributed by atoms with Crippen molar-refractivity contribution >= 4 is 15.9 Å². The minimum atomic E-state index is -3.81. The SMILES string of the molecule is Cc1noc(C)c1C(=O)NNS(=O)(=O)c1ccccc1. The van der Waals surface area contributed by atoms with E-state index in [0.717, 1.165) is 0 Å². The normalized spacial score (nSPS) is 11.3. The monoisotopic (exact) mass is 295 g/mol. The summed E-state index contributed by atoms with van der Waals surface area (Å²) in [5, 5.41) is 3.63. The summed E-state index contributed by atoms with van der Waals surface area (Å²) < 4.78 is 28.7. The van der Waals surface area contributed by atoms with E-state index in [2.05, 4.69) is 10.6 Å². The van der Waals surface area contributed by atoms with Gasteiger partial charge in [0.05, 0.1) is 10.6 Å². The Bertz CT molecular complexity index is 703. The van der Waals surface area contributed by atoms with Crippen LogP contribution in [0.5, 0.6) is 0 Å². The largest absolute Gasteiger partial charge is 0.361 e. The van der Waals surface area contributed by atoms with Gasteiger partial charge in [-0.2, -0.15) is 0 Å². The lowest BCUT2D eigenvalue weighted by molar-refractivity contribution is 0.0943. The fourth-order valence-electron chi connectivity index (χ4n) is 1.64. The maximum atomic E-state index is 11.9. The number of hydrogen-bond acceptors (Lipinski definition) is 5. The quantitative estimate of drug-likeness (QED) is 0.817. The van der Waals surface area contributed by atoms with Crippen molar-refractivity contribution in [2.24, 2.45) is 0 Å². The van der Waals surface area contributed by atoms with Crippen LogP contribution in [-0.4, -0.2) is 19.5 Å². The number of rotatable bonds is 4. The molecule has 0 aliphatic rings. The Balaban J connectivity index is 2.12. The first kappa shape index (κ1) is 14.2. The average Bonchev–Trinajstić information content (AvgIpc) is 2.77. The van der Waals surface area contributed by atoms with Crippen LogP contribution >= 0.6 is 0 Å². The number of nitrogens with zero attached hydrogens (tertiary/aromatic N) is 1. The maximum Gasteiger partial charge on any atom is 0.271 e. The van der Waals surface area contributed by atoms with Gasteiger partial charge in [0.25, 0.3) is 15.9 Å². The van der Waals surface area contributed by atoms with Crippen molar-refractivity contribution < 1.29 is 17.7 Å². The van der Waals surface area contributed by atoms with Gasteiger partial charge in [0.1, 0.15) is 11.3 Å². The van der Waals surface area contributed by atoms with Gasteiger partial charge in [-0.1, -0.05) is 23.4 Å². The lowest BCUT2D eigenvalue weighted by Crippen LogP contribution is -2.41. The molecule has 1 amide bonds. The number of benzene rings is 1. The molecule has 0 aliphatic heterocycles. The fraction of sp³-hybridized carbons (Fsp3) is 0.167. The van der Waals surface area contributed by atoms with E-state index in [9.17, 15) is 13.2 Å². The molecule has 0 unspecified atom stereocenters. The molecule has 1 aromatic heterocycles. The highest BCUT2D eigenvalue weighted by molar-refractivity contribution is 7.89. The number of nitrogens with one attached hydrogen (secondary N) is 2. The minimum Gasteiger partial charge on any atom is -0.361 e. The predicted molar refractivity (Wildman–Crippen MR) is 70.2 cm³/mol. The standard InChI is InChI=1S/C12H13N3O4S/c1-8-11(9(2)19-14-8)12(16)13-15-20(17,18)10-6-4-3-5-7-10/h3-7,15H,1-2H3,(H,13,16). The third-order valence-corrected chi connectivity index (χ3v) is 3.88. The van der Waals surface area contributed by atoms with Crippen LogP contribution in [0.15, 0.2) is 39.8 Å². The van der Waals surface area contributed by atoms with E-state index in [1.165, 1.54) is 12.1 Å². The molecule has 0 fully saturated rings. The van der Waals surface area contributed by atoms with E-state index in [1.54, 1.807) is 32.0 Å². The minimum absolute atomic E-state index is 0.0547. The molecule has 106 valence electrons. The second-order valence-electron chi connectivity index (χ2n) is 4.07. The number of aryl methyl sites for hydroxylation is 2. The predicted octanol–water partition coefficient (Wildman–Crippen LogP) is 0.915. The summed E-state index contributed by atoms with van der Waals surface area (Å²) in [5.74, 6) is -0.306. The van der Waals surface area contributed by atoms with Crippen molar-refractivity contribution in [3.05, 3.63) is 47.3 Å². The van der Waals surface area contributed by atoms with Crippen LogP contribution in [0.2, 0.25) is 0 Å². The summed E-state index contributed by atoms with van der Waals surface area (Å²) in [5.41, 5.74) is 2.73. The Kier molecular flexibility index (Phi) is 3.86. The molecule has 1 heterocycles. The second kappa shape index (κ2) is 5.43. The Morgan fingerprint density at radius 1 is 1.20 bits per heavy atom. The fourth-order valence-corrected chi connectivity index (χ4v) is 2.50. The number of hydrazine groups is 1. The highest BCUT2D eigenvalue weighted by atomic mass is 32.2. The Morgan fingerprint density at radius 3 is 2.40 bits per heavy atom. The number of carbonyl (C=O) groups excluding carboxylic acids is 1. The lowest BCUT2D eigenvalue weighted by atomic mass is 10.2. The zero-order valence-corrected chi connectivity index (χ0v) is 11.7. The van der Waals surface area contributed by atoms with Gasteiger partial charge in [-0.15, -0.1) is 4.83 Å². The van der Waals surface area contributed by atoms with E-state index < -0.39 is 15.9 Å². The first-order valence-corrected chi connectivity index (χ1v) is 7.20. The third-order valence-electron chi connectivity index (χ3n) is 2.61. The van der Waals surface area contributed by atoms with Gasteiger partial charge in [0.2, 0.25) is 0 Å². The van der Waals surface area contributed by atoms with E-state index in [-0.39, 0.29) is 10.5 Å². The van der Waals surface area contributed by atoms with Gasteiger partial charge >= 0.3 is 0 Å². The molecule has 0 bridgehead atoms. The van der Waals surface area contributed by atoms with Gasteiger partial charge in [0.15, 0.2) is 0 Å². The van der Waals surface area contributed by atoms with Crippen LogP contribution in [0.4, 0.5) is 0 Å². The molecular formula is C12H13N3O4S. The number of hydrogen-bond donors (Lipinski definition) is 2. The molecule has 2 aromatic rings. The van der Waals surface area contributed by atoms with Crippen molar-refractivity contribution in [3.8, 4) is 0 Å². The van der Waals surface area contributed by atoms with Crippen LogP contribution in [0.3, 0.4) is 0 Å². The van der Waals surface area contributed by atoms with Gasteiger partial charge < -0.3 is 4.52 Å². The number of carbonyl (C=O) groups is 1. The summed E-state index contributed by atoms with van der Waals surface area (Å²) in [6.07, 6.45) is 0. The van der Waals surface area contributed by atoms with E-state index in [1.807, 2.05) is 4.83 Å². The highest BCUT2D eigenvalue weighted by Crippen LogP contribution is 2.12. The summed E-state index contributed by atoms with van der Waals surface area (Å²) >= 11 is 0. The smallest absolute Gasteiger partial charge is 0.271 e. The van der Waals surface area contributed by atoms with Gasteiger partial charge in [-0.25, -0.2) is 8.42 Å². The van der Waals surface area contributed by atoms with Gasteiger partial charge in [0, 0.05) is 0 Å². The maximum absolute atomic E-state index is 11.9. The molecule has 0 radical (unpaired) electrons. The van der Waals surface area contributed by atoms with Crippen LogP contribution in [0.1, 0.15) is 21.8 Å². The average molecular weight is 295 g/mol. The van der Waals surface area contributed by atoms with Crippen molar-refractivity contribution in [1.29, 1.82) is 0 Å². The van der Waals surface area contributed by atoms with E-state index >= 15 is 0 Å². The zero-order valence-electron chi connectivity index (χ0n) is 10.9. The Hall–Kier alpha value is -2.19. The molecular weight excluding hydrogens is 282 g/mol. The van der Waals surface area contributed by atoms with E-state index in [0.29, 0.717) is 11.5 Å². The third kappa shape index (κ3) is 2.86. The van der Waals surface area contributed by atoms with Crippen molar-refractivity contribution in [3.63, 3.8) is 0 Å². The molecule has 0 spiro atoms. The molecule has 1 aromatic carbocycles. The second-order valence-corrected chi connectivity index (χ2v) is 5.75. The van der Waals surface area contributed by atoms with Crippen molar-refractivity contribution in [1.82, 2.24) is 15.4 Å². The summed E-state index contributed by atoms with van der Waals surface area (Å²) in [4.78, 5) is 14.0. The Morgan fingerprint density at radius 2 is 1.85 bits per heavy atom. The van der Waals surface area contributed by atoms with Gasteiger partial charge in [-0.05, 0) is 26.0 Å². The number of aromatic nitrogens is 1. The zero-order chi connectivity index (χ0) is 14.8. The number of amides is 1. The van der Waals surface area contributed by atoms with Crippen molar-refractivity contribution in [2.75, 3.05) is 0 Å². The highest BCUT2D eigenvalue weighted by Gasteiger charge is 2.20. The van der Waals surface area contributed by atoms with Crippen LogP contribution in [0, 0.1) is 13.8 Å². The summed E-state index contributed by atoms with van der Waals surface area (Å²) in [6, 6.07) is 7.71. The molecule has 2 N–H and O–H groups in total. The molecule has 0 atom stereocenters. The molecule has 8 heteroatoms. The number of sulfonamides is 1. The lowest BCUT2D eigenvalue weighted by Gasteiger charge is -2.07. The first-order valence-electron chi connectivity index (χ1n) is 5.72. The van der Waals surface area contributed by atoms with Crippen LogP contribution in [0.25, 0.3) is 0 Å². The molecule has 20 heavy (non-hydrogen) atoms.